The van der Waals surface area contributed by atoms with Crippen molar-refractivity contribution in [2.75, 3.05) is 12.4 Å². The Bertz CT molecular complexity index is 1060. The second kappa shape index (κ2) is 7.85. The number of nitrogens with one attached hydrogen (secondary N) is 2. The van der Waals surface area contributed by atoms with E-state index in [-0.39, 0.29) is 5.91 Å². The summed E-state index contributed by atoms with van der Waals surface area (Å²) in [6, 6.07) is 5.31. The van der Waals surface area contributed by atoms with Gasteiger partial charge in [0, 0.05) is 12.1 Å². The lowest BCUT2D eigenvalue weighted by Gasteiger charge is -2.07. The maximum absolute atomic E-state index is 12.6. The van der Waals surface area contributed by atoms with Crippen LogP contribution in [-0.4, -0.2) is 32.8 Å². The van der Waals surface area contributed by atoms with Crippen LogP contribution in [0.25, 0.3) is 10.7 Å². The molecule has 0 saturated heterocycles. The van der Waals surface area contributed by atoms with Crippen molar-refractivity contribution in [3.05, 3.63) is 52.4 Å². The number of benzene rings is 1. The van der Waals surface area contributed by atoms with E-state index in [2.05, 4.69) is 27.1 Å². The van der Waals surface area contributed by atoms with Crippen molar-refractivity contribution in [1.82, 2.24) is 19.7 Å². The number of rotatable bonds is 6. The normalized spacial score (nSPS) is 10.6. The van der Waals surface area contributed by atoms with E-state index in [1.165, 1.54) is 11.3 Å². The summed E-state index contributed by atoms with van der Waals surface area (Å²) < 4.78 is 7.62. The Morgan fingerprint density at radius 2 is 2.26 bits per heavy atom. The first-order chi connectivity index (χ1) is 12.9. The molecule has 0 saturated carbocycles. The minimum atomic E-state index is -0.251. The van der Waals surface area contributed by atoms with Crippen molar-refractivity contribution >= 4 is 34.6 Å². The van der Waals surface area contributed by atoms with Crippen molar-refractivity contribution < 1.29 is 9.53 Å². The molecule has 3 aromatic rings. The molecule has 7 nitrogen and oxygen atoms in total. The summed E-state index contributed by atoms with van der Waals surface area (Å²) in [5.41, 5.74) is 2.23. The molecule has 0 atom stereocenters. The van der Waals surface area contributed by atoms with Gasteiger partial charge in [0.25, 0.3) is 5.91 Å². The molecule has 2 aromatic heterocycles. The first-order valence-corrected chi connectivity index (χ1v) is 9.37. The van der Waals surface area contributed by atoms with Crippen molar-refractivity contribution in [3.63, 3.8) is 0 Å². The molecule has 0 aliphatic heterocycles. The molecule has 2 heterocycles. The van der Waals surface area contributed by atoms with Crippen LogP contribution in [0.4, 0.5) is 5.13 Å². The lowest BCUT2D eigenvalue weighted by atomic mass is 10.1. The molecule has 9 heteroatoms. The van der Waals surface area contributed by atoms with Gasteiger partial charge in [0.15, 0.2) is 15.7 Å². The van der Waals surface area contributed by atoms with Crippen LogP contribution in [0.5, 0.6) is 5.75 Å². The van der Waals surface area contributed by atoms with Gasteiger partial charge in [-0.3, -0.25) is 19.8 Å². The predicted molar refractivity (Wildman–Crippen MR) is 109 cm³/mol. The summed E-state index contributed by atoms with van der Waals surface area (Å²) in [5.74, 6) is 1.09. The minimum absolute atomic E-state index is 0.251. The van der Waals surface area contributed by atoms with Gasteiger partial charge < -0.3 is 4.74 Å². The number of H-pyrrole nitrogens is 1. The van der Waals surface area contributed by atoms with Crippen LogP contribution in [0.3, 0.4) is 0 Å². The van der Waals surface area contributed by atoms with Crippen LogP contribution >= 0.6 is 23.6 Å². The number of amides is 1. The molecule has 0 unspecified atom stereocenters. The van der Waals surface area contributed by atoms with Crippen LogP contribution < -0.4 is 10.1 Å². The maximum Gasteiger partial charge on any atom is 0.257 e. The van der Waals surface area contributed by atoms with Gasteiger partial charge in [0.05, 0.1) is 17.7 Å². The SMILES string of the molecule is C=CCn1c(-c2sc(NC(=O)c3ccc(C)c(OC)c3)nc2C)n[nH]c1=S. The predicted octanol–water partition coefficient (Wildman–Crippen LogP) is 4.13. The van der Waals surface area contributed by atoms with E-state index >= 15 is 0 Å². The number of carbonyl (C=O) groups is 1. The summed E-state index contributed by atoms with van der Waals surface area (Å²) in [7, 11) is 1.58. The third-order valence-corrected chi connectivity index (χ3v) is 5.34. The van der Waals surface area contributed by atoms with Gasteiger partial charge in [-0.2, -0.15) is 5.10 Å². The zero-order valence-corrected chi connectivity index (χ0v) is 16.8. The third-order valence-electron chi connectivity index (χ3n) is 3.96. The smallest absolute Gasteiger partial charge is 0.257 e. The number of carbonyl (C=O) groups excluding carboxylic acids is 1. The Balaban J connectivity index is 1.88. The number of hydrogen-bond acceptors (Lipinski definition) is 6. The number of aryl methyl sites for hydroxylation is 2. The third kappa shape index (κ3) is 3.83. The van der Waals surface area contributed by atoms with E-state index in [0.29, 0.717) is 33.6 Å². The highest BCUT2D eigenvalue weighted by molar-refractivity contribution is 7.71. The second-order valence-electron chi connectivity index (χ2n) is 5.82. The molecule has 27 heavy (non-hydrogen) atoms. The molecule has 0 aliphatic carbocycles. The zero-order valence-electron chi connectivity index (χ0n) is 15.2. The van der Waals surface area contributed by atoms with Gasteiger partial charge in [-0.15, -0.1) is 6.58 Å². The van der Waals surface area contributed by atoms with Gasteiger partial charge in [0.2, 0.25) is 0 Å². The van der Waals surface area contributed by atoms with E-state index in [1.54, 1.807) is 25.3 Å². The number of aromatic amines is 1. The number of thiazole rings is 1. The number of anilines is 1. The van der Waals surface area contributed by atoms with Crippen molar-refractivity contribution in [1.29, 1.82) is 0 Å². The molecule has 0 bridgehead atoms. The summed E-state index contributed by atoms with van der Waals surface area (Å²) in [6.45, 7) is 8.07. The molecule has 1 amide bonds. The monoisotopic (exact) mass is 401 g/mol. The lowest BCUT2D eigenvalue weighted by molar-refractivity contribution is 0.102. The molecule has 0 aliphatic rings. The lowest BCUT2D eigenvalue weighted by Crippen LogP contribution is -2.12. The number of nitrogens with zero attached hydrogens (tertiary/aromatic N) is 3. The minimum Gasteiger partial charge on any atom is -0.496 e. The number of ether oxygens (including phenoxy) is 1. The number of methoxy groups -OCH3 is 1. The van der Waals surface area contributed by atoms with Crippen LogP contribution in [0, 0.1) is 18.6 Å². The van der Waals surface area contributed by atoms with Gasteiger partial charge in [0.1, 0.15) is 5.75 Å². The molecular weight excluding hydrogens is 382 g/mol. The van der Waals surface area contributed by atoms with Crippen molar-refractivity contribution in [3.8, 4) is 16.5 Å². The number of hydrogen-bond donors (Lipinski definition) is 2. The Labute approximate surface area is 165 Å². The zero-order chi connectivity index (χ0) is 19.6. The largest absolute Gasteiger partial charge is 0.496 e. The fraction of sp³-hybridized carbons (Fsp3) is 0.222. The van der Waals surface area contributed by atoms with Gasteiger partial charge in [-0.1, -0.05) is 23.5 Å². The molecule has 0 fully saturated rings. The van der Waals surface area contributed by atoms with Crippen molar-refractivity contribution in [2.45, 2.75) is 20.4 Å². The van der Waals surface area contributed by atoms with E-state index in [0.717, 1.165) is 16.1 Å². The van der Waals surface area contributed by atoms with Crippen LogP contribution in [0.2, 0.25) is 0 Å². The summed E-state index contributed by atoms with van der Waals surface area (Å²) in [6.07, 6.45) is 1.75. The van der Waals surface area contributed by atoms with Crippen LogP contribution in [0.15, 0.2) is 30.9 Å². The Kier molecular flexibility index (Phi) is 5.52. The van der Waals surface area contributed by atoms with Crippen LogP contribution in [0.1, 0.15) is 21.6 Å². The average molecular weight is 402 g/mol. The highest BCUT2D eigenvalue weighted by atomic mass is 32.1. The van der Waals surface area contributed by atoms with E-state index in [4.69, 9.17) is 17.0 Å². The topological polar surface area (TPSA) is 84.8 Å². The highest BCUT2D eigenvalue weighted by Gasteiger charge is 2.18. The fourth-order valence-electron chi connectivity index (χ4n) is 2.58. The van der Waals surface area contributed by atoms with Gasteiger partial charge >= 0.3 is 0 Å². The van der Waals surface area contributed by atoms with E-state index < -0.39 is 0 Å². The molecule has 0 radical (unpaired) electrons. The van der Waals surface area contributed by atoms with E-state index in [1.807, 2.05) is 24.5 Å². The quantitative estimate of drug-likeness (QED) is 0.479. The van der Waals surface area contributed by atoms with Gasteiger partial charge in [-0.05, 0) is 43.8 Å². The van der Waals surface area contributed by atoms with E-state index in [9.17, 15) is 4.79 Å². The average Bonchev–Trinajstić information content (AvgIpc) is 3.18. The van der Waals surface area contributed by atoms with Crippen molar-refractivity contribution in [2.24, 2.45) is 0 Å². The molecule has 0 spiro atoms. The molecule has 2 N–H and O–H groups in total. The fourth-order valence-corrected chi connectivity index (χ4v) is 3.74. The van der Waals surface area contributed by atoms with Gasteiger partial charge in [-0.25, -0.2) is 4.98 Å². The Morgan fingerprint density at radius 1 is 1.48 bits per heavy atom. The first kappa shape index (κ1) is 19.0. The molecule has 3 rings (SSSR count). The summed E-state index contributed by atoms with van der Waals surface area (Å²) in [4.78, 5) is 17.9. The Morgan fingerprint density at radius 3 is 2.96 bits per heavy atom. The second-order valence-corrected chi connectivity index (χ2v) is 7.21. The molecular formula is C18H19N5O2S2. The summed E-state index contributed by atoms with van der Waals surface area (Å²) in [5, 5.41) is 10.4. The maximum atomic E-state index is 12.6. The first-order valence-electron chi connectivity index (χ1n) is 8.14. The molecule has 140 valence electrons. The number of aromatic nitrogens is 4. The Hall–Kier alpha value is -2.78. The molecule has 1 aromatic carbocycles. The standard InChI is InChI=1S/C18H19N5O2S2/c1-5-8-23-15(21-22-18(23)26)14-11(3)19-17(27-14)20-16(24)12-7-6-10(2)13(9-12)25-4/h5-7,9H,1,8H2,2-4H3,(H,22,26)(H,19,20,24). The summed E-state index contributed by atoms with van der Waals surface area (Å²) >= 11 is 6.60. The van der Waals surface area contributed by atoms with Crippen LogP contribution in [-0.2, 0) is 6.54 Å². The highest BCUT2D eigenvalue weighted by Crippen LogP contribution is 2.32. The number of allylic oxidation sites excluding steroid dienone is 1.